The van der Waals surface area contributed by atoms with E-state index in [2.05, 4.69) is 12.1 Å². The summed E-state index contributed by atoms with van der Waals surface area (Å²) in [5, 5.41) is 9.58. The van der Waals surface area contributed by atoms with Crippen LogP contribution in [-0.2, 0) is 0 Å². The van der Waals surface area contributed by atoms with Crippen molar-refractivity contribution in [2.24, 2.45) is 0 Å². The van der Waals surface area contributed by atoms with E-state index < -0.39 is 6.10 Å². The van der Waals surface area contributed by atoms with Crippen LogP contribution in [0.5, 0.6) is 11.5 Å². The van der Waals surface area contributed by atoms with E-state index in [4.69, 9.17) is 9.47 Å². The third-order valence-corrected chi connectivity index (χ3v) is 4.00. The maximum Gasteiger partial charge on any atom is 0.161 e. The summed E-state index contributed by atoms with van der Waals surface area (Å²) in [5.74, 6) is 2.22. The molecule has 0 aromatic heterocycles. The molecule has 0 spiro atoms. The molecule has 3 nitrogen and oxygen atoms in total. The molecule has 21 heavy (non-hydrogen) atoms. The summed E-state index contributed by atoms with van der Waals surface area (Å²) >= 11 is 1.76. The number of ether oxygens (including phenoxy) is 2. The summed E-state index contributed by atoms with van der Waals surface area (Å²) in [6.07, 6.45) is -0.512. The van der Waals surface area contributed by atoms with Crippen LogP contribution in [-0.4, -0.2) is 24.6 Å². The van der Waals surface area contributed by atoms with Crippen molar-refractivity contribution in [3.05, 3.63) is 54.1 Å². The van der Waals surface area contributed by atoms with Gasteiger partial charge in [0.1, 0.15) is 0 Å². The maximum absolute atomic E-state index is 9.58. The van der Waals surface area contributed by atoms with Crippen LogP contribution < -0.4 is 9.47 Å². The number of hydrogen-bond acceptors (Lipinski definition) is 4. The van der Waals surface area contributed by atoms with E-state index in [9.17, 15) is 5.11 Å². The first-order valence-corrected chi connectivity index (χ1v) is 7.86. The molecular formula is C17H20O3S. The van der Waals surface area contributed by atoms with Crippen molar-refractivity contribution in [2.75, 3.05) is 19.5 Å². The molecule has 0 aliphatic carbocycles. The van der Waals surface area contributed by atoms with Gasteiger partial charge < -0.3 is 14.6 Å². The number of hydrogen-bond donors (Lipinski definition) is 1. The van der Waals surface area contributed by atoms with Crippen LogP contribution in [0.25, 0.3) is 0 Å². The molecule has 0 saturated heterocycles. The Morgan fingerprint density at radius 2 is 1.86 bits per heavy atom. The van der Waals surface area contributed by atoms with Gasteiger partial charge in [-0.2, -0.15) is 0 Å². The van der Waals surface area contributed by atoms with Crippen LogP contribution >= 0.6 is 11.8 Å². The van der Waals surface area contributed by atoms with Gasteiger partial charge in [0.15, 0.2) is 11.5 Å². The first kappa shape index (κ1) is 15.7. The Morgan fingerprint density at radius 3 is 2.52 bits per heavy atom. The third-order valence-electron chi connectivity index (χ3n) is 3.02. The Hall–Kier alpha value is -1.65. The van der Waals surface area contributed by atoms with Gasteiger partial charge in [0.05, 0.1) is 19.8 Å². The second-order valence-corrected chi connectivity index (χ2v) is 5.76. The zero-order valence-corrected chi connectivity index (χ0v) is 13.1. The second-order valence-electron chi connectivity index (χ2n) is 4.60. The van der Waals surface area contributed by atoms with Gasteiger partial charge in [-0.15, -0.1) is 11.8 Å². The van der Waals surface area contributed by atoms with E-state index >= 15 is 0 Å². The van der Waals surface area contributed by atoms with Crippen molar-refractivity contribution in [3.8, 4) is 11.5 Å². The van der Waals surface area contributed by atoms with Gasteiger partial charge in [-0.1, -0.05) is 24.3 Å². The first-order chi connectivity index (χ1) is 10.2. The minimum absolute atomic E-state index is 0.512. The SMILES string of the molecule is COc1cc(C(C)O)ccc1OCCSc1ccccc1. The van der Waals surface area contributed by atoms with E-state index in [1.165, 1.54) is 4.90 Å². The zero-order valence-electron chi connectivity index (χ0n) is 12.3. The molecule has 1 N–H and O–H groups in total. The number of thioether (sulfide) groups is 1. The molecule has 0 aliphatic heterocycles. The van der Waals surface area contributed by atoms with Crippen LogP contribution in [0.15, 0.2) is 53.4 Å². The lowest BCUT2D eigenvalue weighted by Crippen LogP contribution is -2.02. The smallest absolute Gasteiger partial charge is 0.161 e. The van der Waals surface area contributed by atoms with Crippen molar-refractivity contribution in [1.82, 2.24) is 0 Å². The number of methoxy groups -OCH3 is 1. The Morgan fingerprint density at radius 1 is 1.10 bits per heavy atom. The van der Waals surface area contributed by atoms with Gasteiger partial charge >= 0.3 is 0 Å². The number of aliphatic hydroxyl groups is 1. The van der Waals surface area contributed by atoms with Gasteiger partial charge in [0, 0.05) is 10.6 Å². The lowest BCUT2D eigenvalue weighted by Gasteiger charge is -2.13. The van der Waals surface area contributed by atoms with Crippen LogP contribution in [0.1, 0.15) is 18.6 Å². The van der Waals surface area contributed by atoms with E-state index in [1.807, 2.05) is 36.4 Å². The van der Waals surface area contributed by atoms with Gasteiger partial charge in [-0.3, -0.25) is 0 Å². The molecule has 4 heteroatoms. The molecule has 0 aliphatic rings. The summed E-state index contributed by atoms with van der Waals surface area (Å²) < 4.78 is 11.1. The summed E-state index contributed by atoms with van der Waals surface area (Å²) in [7, 11) is 1.60. The van der Waals surface area contributed by atoms with Crippen LogP contribution in [0, 0.1) is 0 Å². The number of benzene rings is 2. The summed E-state index contributed by atoms with van der Waals surface area (Å²) in [6, 6.07) is 15.7. The molecule has 0 radical (unpaired) electrons. The van der Waals surface area contributed by atoms with Gasteiger partial charge in [-0.05, 0) is 36.8 Å². The quantitative estimate of drug-likeness (QED) is 0.621. The molecule has 2 aromatic carbocycles. The van der Waals surface area contributed by atoms with Crippen molar-refractivity contribution in [1.29, 1.82) is 0 Å². The Bertz CT molecular complexity index is 555. The molecule has 1 unspecified atom stereocenters. The fraction of sp³-hybridized carbons (Fsp3) is 0.294. The maximum atomic E-state index is 9.58. The van der Waals surface area contributed by atoms with E-state index in [0.29, 0.717) is 18.1 Å². The Balaban J connectivity index is 1.88. The highest BCUT2D eigenvalue weighted by Gasteiger charge is 2.08. The summed E-state index contributed by atoms with van der Waals surface area (Å²) in [5.41, 5.74) is 0.817. The van der Waals surface area contributed by atoms with Crippen molar-refractivity contribution >= 4 is 11.8 Å². The second kappa shape index (κ2) is 7.96. The highest BCUT2D eigenvalue weighted by Crippen LogP contribution is 2.30. The minimum Gasteiger partial charge on any atom is -0.493 e. The largest absolute Gasteiger partial charge is 0.493 e. The third kappa shape index (κ3) is 4.69. The number of aliphatic hydroxyl groups excluding tert-OH is 1. The lowest BCUT2D eigenvalue weighted by atomic mass is 10.1. The highest BCUT2D eigenvalue weighted by molar-refractivity contribution is 7.99. The minimum atomic E-state index is -0.512. The molecule has 2 rings (SSSR count). The molecule has 0 bridgehead atoms. The molecule has 0 fully saturated rings. The topological polar surface area (TPSA) is 38.7 Å². The molecule has 112 valence electrons. The Kier molecular flexibility index (Phi) is 5.96. The van der Waals surface area contributed by atoms with E-state index in [-0.39, 0.29) is 0 Å². The predicted octanol–water partition coefficient (Wildman–Crippen LogP) is 3.92. The monoisotopic (exact) mass is 304 g/mol. The van der Waals surface area contributed by atoms with E-state index in [1.54, 1.807) is 25.8 Å². The number of rotatable bonds is 7. The predicted molar refractivity (Wildman–Crippen MR) is 86.3 cm³/mol. The molecule has 1 atom stereocenters. The van der Waals surface area contributed by atoms with Crippen LogP contribution in [0.4, 0.5) is 0 Å². The van der Waals surface area contributed by atoms with Crippen LogP contribution in [0.3, 0.4) is 0 Å². The average Bonchev–Trinajstić information content (AvgIpc) is 2.52. The molecular weight excluding hydrogens is 284 g/mol. The first-order valence-electron chi connectivity index (χ1n) is 6.87. The summed E-state index contributed by atoms with van der Waals surface area (Å²) in [6.45, 7) is 2.33. The Labute approximate surface area is 129 Å². The van der Waals surface area contributed by atoms with E-state index in [0.717, 1.165) is 11.3 Å². The molecule has 0 saturated carbocycles. The fourth-order valence-corrected chi connectivity index (χ4v) is 2.64. The molecule has 0 heterocycles. The normalized spacial score (nSPS) is 12.0. The molecule has 0 amide bonds. The average molecular weight is 304 g/mol. The standard InChI is InChI=1S/C17H20O3S/c1-13(18)14-8-9-16(17(12-14)19-2)20-10-11-21-15-6-4-3-5-7-15/h3-9,12-13,18H,10-11H2,1-2H3. The zero-order chi connectivity index (χ0) is 15.1. The lowest BCUT2D eigenvalue weighted by molar-refractivity contribution is 0.198. The van der Waals surface area contributed by atoms with Crippen LogP contribution in [0.2, 0.25) is 0 Å². The van der Waals surface area contributed by atoms with Gasteiger partial charge in [-0.25, -0.2) is 0 Å². The van der Waals surface area contributed by atoms with Crippen molar-refractivity contribution in [2.45, 2.75) is 17.9 Å². The van der Waals surface area contributed by atoms with Crippen molar-refractivity contribution < 1.29 is 14.6 Å². The fourth-order valence-electron chi connectivity index (χ4n) is 1.89. The highest BCUT2D eigenvalue weighted by atomic mass is 32.2. The summed E-state index contributed by atoms with van der Waals surface area (Å²) in [4.78, 5) is 1.23. The van der Waals surface area contributed by atoms with Crippen molar-refractivity contribution in [3.63, 3.8) is 0 Å². The van der Waals surface area contributed by atoms with Gasteiger partial charge in [0.2, 0.25) is 0 Å². The van der Waals surface area contributed by atoms with Gasteiger partial charge in [0.25, 0.3) is 0 Å². The molecule has 2 aromatic rings.